The maximum absolute atomic E-state index is 12.3. The number of nitrogens with one attached hydrogen (secondary N) is 1. The predicted octanol–water partition coefficient (Wildman–Crippen LogP) is 4.01. The highest BCUT2D eigenvalue weighted by Crippen LogP contribution is 2.24. The minimum absolute atomic E-state index is 0.0445. The van der Waals surface area contributed by atoms with Crippen molar-refractivity contribution in [3.8, 4) is 5.75 Å². The lowest BCUT2D eigenvalue weighted by Gasteiger charge is -2.22. The molecule has 2 aromatic carbocycles. The highest BCUT2D eigenvalue weighted by atomic mass is 32.2. The van der Waals surface area contributed by atoms with Crippen molar-refractivity contribution in [3.05, 3.63) is 54.1 Å². The van der Waals surface area contributed by atoms with Gasteiger partial charge in [0.15, 0.2) is 0 Å². The summed E-state index contributed by atoms with van der Waals surface area (Å²) >= 11 is 0. The van der Waals surface area contributed by atoms with Crippen molar-refractivity contribution >= 4 is 27.3 Å². The molecule has 2 aromatic rings. The molecular weight excluding hydrogens is 397 g/mol. The SMILES string of the molecule is CCN(c1ccc(C(=O)Nc2ccc(OC(F)(F)F)cc2)cc1)S(=O)(=O)CC. The number of amides is 1. The third-order valence-electron chi connectivity index (χ3n) is 3.75. The van der Waals surface area contributed by atoms with Crippen molar-refractivity contribution in [2.75, 3.05) is 21.9 Å². The van der Waals surface area contributed by atoms with Crippen molar-refractivity contribution in [1.82, 2.24) is 0 Å². The first-order valence-corrected chi connectivity index (χ1v) is 9.94. The number of benzene rings is 2. The Kier molecular flexibility index (Phi) is 6.55. The predicted molar refractivity (Wildman–Crippen MR) is 100 cm³/mol. The van der Waals surface area contributed by atoms with Crippen LogP contribution in [-0.2, 0) is 10.0 Å². The van der Waals surface area contributed by atoms with Gasteiger partial charge in [-0.25, -0.2) is 8.42 Å². The van der Waals surface area contributed by atoms with E-state index in [1.807, 2.05) is 0 Å². The minimum atomic E-state index is -4.79. The number of rotatable bonds is 7. The van der Waals surface area contributed by atoms with Crippen molar-refractivity contribution in [2.24, 2.45) is 0 Å². The minimum Gasteiger partial charge on any atom is -0.406 e. The lowest BCUT2D eigenvalue weighted by atomic mass is 10.2. The summed E-state index contributed by atoms with van der Waals surface area (Å²) in [4.78, 5) is 12.3. The van der Waals surface area contributed by atoms with E-state index >= 15 is 0 Å². The first-order chi connectivity index (χ1) is 13.1. The van der Waals surface area contributed by atoms with E-state index in [4.69, 9.17) is 0 Å². The van der Waals surface area contributed by atoms with E-state index in [0.717, 1.165) is 12.1 Å². The zero-order valence-electron chi connectivity index (χ0n) is 15.2. The molecular formula is C18H19F3N2O4S. The van der Waals surface area contributed by atoms with Crippen LogP contribution in [0.3, 0.4) is 0 Å². The number of alkyl halides is 3. The molecule has 152 valence electrons. The molecule has 1 amide bonds. The maximum Gasteiger partial charge on any atom is 0.573 e. The summed E-state index contributed by atoms with van der Waals surface area (Å²) in [5.41, 5.74) is 0.992. The topological polar surface area (TPSA) is 75.7 Å². The second kappa shape index (κ2) is 8.51. The second-order valence-corrected chi connectivity index (χ2v) is 7.82. The van der Waals surface area contributed by atoms with Gasteiger partial charge < -0.3 is 10.1 Å². The van der Waals surface area contributed by atoms with Crippen molar-refractivity contribution < 1.29 is 31.1 Å². The molecule has 10 heteroatoms. The van der Waals surface area contributed by atoms with Crippen LogP contribution in [0.5, 0.6) is 5.75 Å². The molecule has 1 N–H and O–H groups in total. The summed E-state index contributed by atoms with van der Waals surface area (Å²) in [6.07, 6.45) is -4.79. The van der Waals surface area contributed by atoms with Crippen LogP contribution in [-0.4, -0.2) is 33.0 Å². The number of carbonyl (C=O) groups is 1. The van der Waals surface area contributed by atoms with E-state index in [9.17, 15) is 26.4 Å². The summed E-state index contributed by atoms with van der Waals surface area (Å²) in [5, 5.41) is 2.54. The standard InChI is InChI=1S/C18H19F3N2O4S/c1-3-23(28(25,26)4-2)15-9-5-13(6-10-15)17(24)22-14-7-11-16(12-8-14)27-18(19,20)21/h5-12H,3-4H2,1-2H3,(H,22,24). The molecule has 6 nitrogen and oxygen atoms in total. The van der Waals surface area contributed by atoms with E-state index in [-0.39, 0.29) is 23.5 Å². The number of hydrogen-bond donors (Lipinski definition) is 1. The highest BCUT2D eigenvalue weighted by molar-refractivity contribution is 7.92. The van der Waals surface area contributed by atoms with E-state index in [0.29, 0.717) is 5.69 Å². The molecule has 28 heavy (non-hydrogen) atoms. The molecule has 0 unspecified atom stereocenters. The number of halogens is 3. The molecule has 0 atom stereocenters. The zero-order valence-corrected chi connectivity index (χ0v) is 16.0. The maximum atomic E-state index is 12.3. The highest BCUT2D eigenvalue weighted by Gasteiger charge is 2.31. The largest absolute Gasteiger partial charge is 0.573 e. The van der Waals surface area contributed by atoms with E-state index in [1.165, 1.54) is 40.7 Å². The molecule has 0 saturated heterocycles. The summed E-state index contributed by atoms with van der Waals surface area (Å²) in [5.74, 6) is -0.930. The van der Waals surface area contributed by atoms with Gasteiger partial charge in [0.2, 0.25) is 10.0 Å². The Morgan fingerprint density at radius 1 is 1.04 bits per heavy atom. The lowest BCUT2D eigenvalue weighted by Crippen LogP contribution is -2.32. The molecule has 0 bridgehead atoms. The fourth-order valence-electron chi connectivity index (χ4n) is 2.42. The molecule has 0 saturated carbocycles. The van der Waals surface area contributed by atoms with E-state index in [1.54, 1.807) is 13.8 Å². The Morgan fingerprint density at radius 3 is 2.07 bits per heavy atom. The number of sulfonamides is 1. The molecule has 0 spiro atoms. The molecule has 0 aliphatic carbocycles. The molecule has 0 aliphatic rings. The van der Waals surface area contributed by atoms with Crippen LogP contribution in [0.4, 0.5) is 24.5 Å². The van der Waals surface area contributed by atoms with Gasteiger partial charge in [-0.1, -0.05) is 0 Å². The Labute approximate surface area is 161 Å². The van der Waals surface area contributed by atoms with Crippen LogP contribution < -0.4 is 14.4 Å². The molecule has 0 aliphatic heterocycles. The van der Waals surface area contributed by atoms with Crippen LogP contribution in [0.25, 0.3) is 0 Å². The third kappa shape index (κ3) is 5.62. The average molecular weight is 416 g/mol. The number of anilines is 2. The van der Waals surface area contributed by atoms with E-state index in [2.05, 4.69) is 10.1 Å². The Balaban J connectivity index is 2.09. The van der Waals surface area contributed by atoms with Gasteiger partial charge in [-0.2, -0.15) is 0 Å². The number of hydrogen-bond acceptors (Lipinski definition) is 4. The Hall–Kier alpha value is -2.75. The van der Waals surface area contributed by atoms with Gasteiger partial charge in [0.1, 0.15) is 5.75 Å². The van der Waals surface area contributed by atoms with Gasteiger partial charge in [0, 0.05) is 17.8 Å². The Morgan fingerprint density at radius 2 is 1.61 bits per heavy atom. The van der Waals surface area contributed by atoms with Gasteiger partial charge in [0.25, 0.3) is 5.91 Å². The third-order valence-corrected chi connectivity index (χ3v) is 5.62. The van der Waals surface area contributed by atoms with E-state index < -0.39 is 28.0 Å². The number of carbonyl (C=O) groups excluding carboxylic acids is 1. The molecule has 2 rings (SSSR count). The molecule has 0 radical (unpaired) electrons. The smallest absolute Gasteiger partial charge is 0.406 e. The normalized spacial score (nSPS) is 11.8. The second-order valence-electron chi connectivity index (χ2n) is 5.64. The fraction of sp³-hybridized carbons (Fsp3) is 0.278. The zero-order chi connectivity index (χ0) is 20.9. The Bertz CT molecular complexity index is 911. The number of nitrogens with zero attached hydrogens (tertiary/aromatic N) is 1. The van der Waals surface area contributed by atoms with Gasteiger partial charge in [0.05, 0.1) is 11.4 Å². The summed E-state index contributed by atoms with van der Waals surface area (Å²) in [6.45, 7) is 3.51. The summed E-state index contributed by atoms with van der Waals surface area (Å²) in [7, 11) is -3.42. The first-order valence-electron chi connectivity index (χ1n) is 8.33. The summed E-state index contributed by atoms with van der Waals surface area (Å²) in [6, 6.07) is 10.7. The first kappa shape index (κ1) is 21.5. The van der Waals surface area contributed by atoms with Crippen molar-refractivity contribution in [2.45, 2.75) is 20.2 Å². The van der Waals surface area contributed by atoms with Crippen LogP contribution in [0.2, 0.25) is 0 Å². The van der Waals surface area contributed by atoms with Gasteiger partial charge in [-0.05, 0) is 62.4 Å². The molecule has 0 fully saturated rings. The van der Waals surface area contributed by atoms with Gasteiger partial charge in [-0.3, -0.25) is 9.10 Å². The monoisotopic (exact) mass is 416 g/mol. The van der Waals surface area contributed by atoms with Gasteiger partial charge in [-0.15, -0.1) is 13.2 Å². The molecule has 0 heterocycles. The average Bonchev–Trinajstić information content (AvgIpc) is 2.63. The van der Waals surface area contributed by atoms with Crippen molar-refractivity contribution in [3.63, 3.8) is 0 Å². The fourth-order valence-corrected chi connectivity index (χ4v) is 3.57. The van der Waals surface area contributed by atoms with Crippen LogP contribution >= 0.6 is 0 Å². The lowest BCUT2D eigenvalue weighted by molar-refractivity contribution is -0.274. The summed E-state index contributed by atoms with van der Waals surface area (Å²) < 4.78 is 65.6. The van der Waals surface area contributed by atoms with Crippen molar-refractivity contribution in [1.29, 1.82) is 0 Å². The number of ether oxygens (including phenoxy) is 1. The van der Waals surface area contributed by atoms with Crippen LogP contribution in [0.1, 0.15) is 24.2 Å². The quantitative estimate of drug-likeness (QED) is 0.740. The van der Waals surface area contributed by atoms with Crippen LogP contribution in [0.15, 0.2) is 48.5 Å². The molecule has 0 aromatic heterocycles. The van der Waals surface area contributed by atoms with Crippen LogP contribution in [0, 0.1) is 0 Å². The van der Waals surface area contributed by atoms with Gasteiger partial charge >= 0.3 is 6.36 Å².